The standard InChI is InChI=1S/C14H27F3N2O/c1-2-6-18-11-13-4-8-19(9-5-13)7-3-10-20-12-14(15,16)17/h13,18H,2-12H2,1H3. The first-order valence-electron chi connectivity index (χ1n) is 7.59. The maximum atomic E-state index is 11.9. The monoisotopic (exact) mass is 296 g/mol. The molecule has 0 radical (unpaired) electrons. The zero-order valence-electron chi connectivity index (χ0n) is 12.3. The SMILES string of the molecule is CCCNCC1CCN(CCCOCC(F)(F)F)CC1. The molecule has 1 aliphatic heterocycles. The Bertz CT molecular complexity index is 241. The Balaban J connectivity index is 1.97. The maximum absolute atomic E-state index is 11.9. The lowest BCUT2D eigenvalue weighted by atomic mass is 9.96. The molecule has 0 amide bonds. The fourth-order valence-corrected chi connectivity index (χ4v) is 2.48. The van der Waals surface area contributed by atoms with E-state index < -0.39 is 12.8 Å². The zero-order chi connectivity index (χ0) is 14.8. The van der Waals surface area contributed by atoms with Crippen LogP contribution in [0.2, 0.25) is 0 Å². The van der Waals surface area contributed by atoms with Crippen molar-refractivity contribution >= 4 is 0 Å². The first-order chi connectivity index (χ1) is 9.51. The smallest absolute Gasteiger partial charge is 0.372 e. The van der Waals surface area contributed by atoms with Gasteiger partial charge in [-0.25, -0.2) is 0 Å². The van der Waals surface area contributed by atoms with Crippen LogP contribution >= 0.6 is 0 Å². The Morgan fingerprint density at radius 1 is 1.25 bits per heavy atom. The average Bonchev–Trinajstić information content (AvgIpc) is 2.39. The van der Waals surface area contributed by atoms with Crippen LogP contribution in [0.1, 0.15) is 32.6 Å². The van der Waals surface area contributed by atoms with Crippen molar-refractivity contribution < 1.29 is 17.9 Å². The summed E-state index contributed by atoms with van der Waals surface area (Å²) < 4.78 is 40.2. The molecule has 0 aromatic heterocycles. The Morgan fingerprint density at radius 2 is 1.95 bits per heavy atom. The molecule has 1 aliphatic rings. The third-order valence-electron chi connectivity index (χ3n) is 3.60. The average molecular weight is 296 g/mol. The number of hydrogen-bond donors (Lipinski definition) is 1. The van der Waals surface area contributed by atoms with Gasteiger partial charge in [0.15, 0.2) is 0 Å². The molecular weight excluding hydrogens is 269 g/mol. The highest BCUT2D eigenvalue weighted by Crippen LogP contribution is 2.17. The van der Waals surface area contributed by atoms with Crippen LogP contribution in [0.25, 0.3) is 0 Å². The molecule has 0 aromatic rings. The molecule has 1 rings (SSSR count). The molecule has 1 saturated heterocycles. The molecule has 0 aromatic carbocycles. The highest BCUT2D eigenvalue weighted by Gasteiger charge is 2.27. The van der Waals surface area contributed by atoms with Gasteiger partial charge in [0.25, 0.3) is 0 Å². The van der Waals surface area contributed by atoms with Crippen LogP contribution < -0.4 is 5.32 Å². The molecule has 0 aliphatic carbocycles. The molecular formula is C14H27F3N2O. The molecule has 120 valence electrons. The highest BCUT2D eigenvalue weighted by molar-refractivity contribution is 4.73. The van der Waals surface area contributed by atoms with Gasteiger partial charge in [-0.1, -0.05) is 6.92 Å². The van der Waals surface area contributed by atoms with Gasteiger partial charge in [0.2, 0.25) is 0 Å². The van der Waals surface area contributed by atoms with Crippen LogP contribution in [0, 0.1) is 5.92 Å². The largest absolute Gasteiger partial charge is 0.411 e. The van der Waals surface area contributed by atoms with Gasteiger partial charge in [0, 0.05) is 13.2 Å². The zero-order valence-corrected chi connectivity index (χ0v) is 12.3. The van der Waals surface area contributed by atoms with Crippen molar-refractivity contribution in [3.63, 3.8) is 0 Å². The van der Waals surface area contributed by atoms with E-state index in [1.165, 1.54) is 12.8 Å². The number of likely N-dealkylation sites (tertiary alicyclic amines) is 1. The molecule has 20 heavy (non-hydrogen) atoms. The second-order valence-electron chi connectivity index (χ2n) is 5.51. The van der Waals surface area contributed by atoms with Gasteiger partial charge in [-0.15, -0.1) is 0 Å². The summed E-state index contributed by atoms with van der Waals surface area (Å²) in [5.41, 5.74) is 0. The van der Waals surface area contributed by atoms with Crippen LogP contribution in [-0.4, -0.2) is 57.0 Å². The summed E-state index contributed by atoms with van der Waals surface area (Å²) in [6.07, 6.45) is -0.00428. The molecule has 1 fully saturated rings. The van der Waals surface area contributed by atoms with Crippen LogP contribution in [0.3, 0.4) is 0 Å². The molecule has 0 spiro atoms. The number of rotatable bonds is 9. The highest BCUT2D eigenvalue weighted by atomic mass is 19.4. The second-order valence-corrected chi connectivity index (χ2v) is 5.51. The molecule has 6 heteroatoms. The van der Waals surface area contributed by atoms with E-state index >= 15 is 0 Å². The Labute approximate surface area is 119 Å². The van der Waals surface area contributed by atoms with E-state index in [0.717, 1.165) is 45.1 Å². The lowest BCUT2D eigenvalue weighted by Gasteiger charge is -2.32. The summed E-state index contributed by atoms with van der Waals surface area (Å²) in [4.78, 5) is 2.33. The molecule has 3 nitrogen and oxygen atoms in total. The minimum Gasteiger partial charge on any atom is -0.372 e. The van der Waals surface area contributed by atoms with Gasteiger partial charge in [0.05, 0.1) is 0 Å². The summed E-state index contributed by atoms with van der Waals surface area (Å²) in [5, 5.41) is 3.45. The first-order valence-corrected chi connectivity index (χ1v) is 7.59. The topological polar surface area (TPSA) is 24.5 Å². The van der Waals surface area contributed by atoms with E-state index in [1.807, 2.05) is 0 Å². The number of ether oxygens (including phenoxy) is 1. The number of nitrogens with zero attached hydrogens (tertiary/aromatic N) is 1. The Hall–Kier alpha value is -0.330. The van der Waals surface area contributed by atoms with Crippen molar-refractivity contribution in [2.75, 3.05) is 45.9 Å². The van der Waals surface area contributed by atoms with Crippen molar-refractivity contribution in [3.8, 4) is 0 Å². The molecule has 1 heterocycles. The van der Waals surface area contributed by atoms with Crippen molar-refractivity contribution in [2.24, 2.45) is 5.92 Å². The van der Waals surface area contributed by atoms with Gasteiger partial charge < -0.3 is 15.0 Å². The lowest BCUT2D eigenvalue weighted by molar-refractivity contribution is -0.174. The third-order valence-corrected chi connectivity index (χ3v) is 3.60. The predicted molar refractivity (Wildman–Crippen MR) is 73.8 cm³/mol. The summed E-state index contributed by atoms with van der Waals surface area (Å²) in [6.45, 7) is 6.35. The van der Waals surface area contributed by atoms with Gasteiger partial charge in [-0.05, 0) is 57.8 Å². The summed E-state index contributed by atoms with van der Waals surface area (Å²) in [5.74, 6) is 0.749. The minimum atomic E-state index is -4.20. The number of halogens is 3. The number of piperidine rings is 1. The fourth-order valence-electron chi connectivity index (χ4n) is 2.48. The maximum Gasteiger partial charge on any atom is 0.411 e. The summed E-state index contributed by atoms with van der Waals surface area (Å²) in [6, 6.07) is 0. The van der Waals surface area contributed by atoms with Crippen LogP contribution in [0.4, 0.5) is 13.2 Å². The number of nitrogens with one attached hydrogen (secondary N) is 1. The fraction of sp³-hybridized carbons (Fsp3) is 1.00. The van der Waals surface area contributed by atoms with Gasteiger partial charge in [0.1, 0.15) is 6.61 Å². The predicted octanol–water partition coefficient (Wildman–Crippen LogP) is 2.67. The first kappa shape index (κ1) is 17.7. The molecule has 0 atom stereocenters. The van der Waals surface area contributed by atoms with Gasteiger partial charge >= 0.3 is 6.18 Å². The van der Waals surface area contributed by atoms with Crippen molar-refractivity contribution in [3.05, 3.63) is 0 Å². The van der Waals surface area contributed by atoms with Crippen molar-refractivity contribution in [1.29, 1.82) is 0 Å². The molecule has 1 N–H and O–H groups in total. The summed E-state index contributed by atoms with van der Waals surface area (Å²) >= 11 is 0. The quantitative estimate of drug-likeness (QED) is 0.662. The van der Waals surface area contributed by atoms with Crippen LogP contribution in [0.15, 0.2) is 0 Å². The van der Waals surface area contributed by atoms with Gasteiger partial charge in [-0.3, -0.25) is 0 Å². The lowest BCUT2D eigenvalue weighted by Crippen LogP contribution is -2.38. The molecule has 0 saturated carbocycles. The summed E-state index contributed by atoms with van der Waals surface area (Å²) in [7, 11) is 0. The van der Waals surface area contributed by atoms with Gasteiger partial charge in [-0.2, -0.15) is 13.2 Å². The Morgan fingerprint density at radius 3 is 2.55 bits per heavy atom. The van der Waals surface area contributed by atoms with E-state index in [4.69, 9.17) is 0 Å². The van der Waals surface area contributed by atoms with E-state index in [-0.39, 0.29) is 6.61 Å². The van der Waals surface area contributed by atoms with E-state index in [9.17, 15) is 13.2 Å². The number of hydrogen-bond acceptors (Lipinski definition) is 3. The van der Waals surface area contributed by atoms with Crippen molar-refractivity contribution in [1.82, 2.24) is 10.2 Å². The second kappa shape index (κ2) is 9.58. The van der Waals surface area contributed by atoms with Crippen molar-refractivity contribution in [2.45, 2.75) is 38.8 Å². The van der Waals surface area contributed by atoms with Crippen LogP contribution in [0.5, 0.6) is 0 Å². The minimum absolute atomic E-state index is 0.192. The Kier molecular flexibility index (Phi) is 8.49. The van der Waals surface area contributed by atoms with E-state index in [2.05, 4.69) is 21.9 Å². The van der Waals surface area contributed by atoms with Crippen LogP contribution in [-0.2, 0) is 4.74 Å². The number of alkyl halides is 3. The van der Waals surface area contributed by atoms with E-state index in [1.54, 1.807) is 0 Å². The molecule has 0 bridgehead atoms. The normalized spacial score (nSPS) is 18.6. The third kappa shape index (κ3) is 8.76. The molecule has 0 unspecified atom stereocenters. The van der Waals surface area contributed by atoms with E-state index in [0.29, 0.717) is 6.42 Å².